The number of aryl methyl sites for hydroxylation is 1. The van der Waals surface area contributed by atoms with Crippen LogP contribution in [0, 0.1) is 6.92 Å². The first-order chi connectivity index (χ1) is 15.8. The van der Waals surface area contributed by atoms with Gasteiger partial charge in [0.2, 0.25) is 0 Å². The lowest BCUT2D eigenvalue weighted by Crippen LogP contribution is -2.08. The molecule has 6 heteroatoms. The molecule has 3 rings (SSSR count). The molecule has 0 aliphatic rings. The number of benzene rings is 3. The van der Waals surface area contributed by atoms with Gasteiger partial charge in [0.25, 0.3) is 0 Å². The molecule has 4 nitrogen and oxygen atoms in total. The van der Waals surface area contributed by atoms with Crippen molar-refractivity contribution >= 4 is 39.7 Å². The number of nitrogens with zero attached hydrogens (tertiary/aromatic N) is 1. The molecule has 1 N–H and O–H groups in total. The fourth-order valence-electron chi connectivity index (χ4n) is 3.38. The molecule has 0 spiro atoms. The Morgan fingerprint density at radius 3 is 2.36 bits per heavy atom. The number of nitrogens with one attached hydrogen (secondary N) is 1. The van der Waals surface area contributed by atoms with Crippen LogP contribution in [0.3, 0.4) is 0 Å². The summed E-state index contributed by atoms with van der Waals surface area (Å²) in [5.74, 6) is 1.48. The molecule has 0 aliphatic carbocycles. The van der Waals surface area contributed by atoms with Crippen LogP contribution in [0.4, 0.5) is 11.4 Å². The third-order valence-corrected chi connectivity index (χ3v) is 6.07. The van der Waals surface area contributed by atoms with Crippen molar-refractivity contribution in [2.24, 2.45) is 4.99 Å². The number of aliphatic imine (C=N–C) groups is 1. The van der Waals surface area contributed by atoms with Crippen LogP contribution in [-0.4, -0.2) is 16.2 Å². The number of hydrogen-bond acceptors (Lipinski definition) is 3. The number of ether oxygens (including phenoxy) is 1. The van der Waals surface area contributed by atoms with Gasteiger partial charge >= 0.3 is 0 Å². The van der Waals surface area contributed by atoms with Crippen LogP contribution in [0.15, 0.2) is 83.1 Å². The molecule has 0 amide bonds. The lowest BCUT2D eigenvalue weighted by atomic mass is 10.1. The van der Waals surface area contributed by atoms with E-state index in [0.29, 0.717) is 5.02 Å². The van der Waals surface area contributed by atoms with Crippen LogP contribution in [0.1, 0.15) is 32.8 Å². The van der Waals surface area contributed by atoms with Gasteiger partial charge in [-0.05, 0) is 79.8 Å². The Kier molecular flexibility index (Phi) is 8.48. The smallest absolute Gasteiger partial charge is 0.147 e. The molecule has 0 saturated heterocycles. The zero-order chi connectivity index (χ0) is 24.0. The van der Waals surface area contributed by atoms with Gasteiger partial charge in [-0.25, -0.2) is 9.20 Å². The second kappa shape index (κ2) is 11.3. The van der Waals surface area contributed by atoms with Gasteiger partial charge in [0.15, 0.2) is 0 Å². The molecule has 0 aliphatic heterocycles. The molecule has 33 heavy (non-hydrogen) atoms. The molecule has 172 valence electrons. The summed E-state index contributed by atoms with van der Waals surface area (Å²) >= 11 is 6.38. The summed E-state index contributed by atoms with van der Waals surface area (Å²) in [5.41, 5.74) is 6.56. The molecule has 0 aromatic heterocycles. The van der Waals surface area contributed by atoms with E-state index in [1.165, 1.54) is 0 Å². The first kappa shape index (κ1) is 24.7. The Labute approximate surface area is 204 Å². The quantitative estimate of drug-likeness (QED) is 0.263. The summed E-state index contributed by atoms with van der Waals surface area (Å²) in [4.78, 5) is 4.79. The molecular weight excluding hydrogens is 452 g/mol. The maximum Gasteiger partial charge on any atom is 0.147 e. The summed E-state index contributed by atoms with van der Waals surface area (Å²) < 4.78 is 20.7. The largest absolute Gasteiger partial charge is 0.456 e. The number of para-hydroxylation sites is 1. The van der Waals surface area contributed by atoms with Gasteiger partial charge in [-0.1, -0.05) is 54.9 Å². The molecule has 3 aromatic rings. The molecule has 3 aromatic carbocycles. The van der Waals surface area contributed by atoms with Gasteiger partial charge in [-0.15, -0.1) is 0 Å². The van der Waals surface area contributed by atoms with E-state index in [9.17, 15) is 4.21 Å². The third-order valence-electron chi connectivity index (χ3n) is 5.25. The Bertz CT molecular complexity index is 1200. The Morgan fingerprint density at radius 2 is 1.73 bits per heavy atom. The van der Waals surface area contributed by atoms with Crippen molar-refractivity contribution in [3.05, 3.63) is 88.6 Å². The Morgan fingerprint density at radius 1 is 1.03 bits per heavy atom. The van der Waals surface area contributed by atoms with E-state index < -0.39 is 11.0 Å². The van der Waals surface area contributed by atoms with Crippen LogP contribution >= 0.6 is 11.6 Å². The highest BCUT2D eigenvalue weighted by atomic mass is 35.5. The van der Waals surface area contributed by atoms with Crippen LogP contribution < -0.4 is 9.46 Å². The molecule has 0 radical (unpaired) electrons. The van der Waals surface area contributed by atoms with Gasteiger partial charge in [0.1, 0.15) is 22.5 Å². The lowest BCUT2D eigenvalue weighted by molar-refractivity contribution is 0.445. The summed E-state index contributed by atoms with van der Waals surface area (Å²) in [6.45, 7) is 8.09. The van der Waals surface area contributed by atoms with Crippen molar-refractivity contribution in [3.8, 4) is 16.9 Å². The first-order valence-corrected chi connectivity index (χ1v) is 12.7. The van der Waals surface area contributed by atoms with Crippen LogP contribution in [0.25, 0.3) is 11.1 Å². The molecule has 0 saturated carbocycles. The molecule has 0 fully saturated rings. The maximum absolute atomic E-state index is 11.5. The van der Waals surface area contributed by atoms with E-state index in [1.807, 2.05) is 80.6 Å². The third kappa shape index (κ3) is 6.56. The average molecular weight is 481 g/mol. The molecular formula is C27H29ClN2O2S. The second-order valence-corrected chi connectivity index (χ2v) is 9.35. The van der Waals surface area contributed by atoms with Crippen molar-refractivity contribution in [2.75, 3.05) is 11.0 Å². The molecule has 1 atom stereocenters. The molecule has 0 heterocycles. The predicted octanol–water partition coefficient (Wildman–Crippen LogP) is 7.88. The van der Waals surface area contributed by atoms with Crippen molar-refractivity contribution in [1.82, 2.24) is 0 Å². The van der Waals surface area contributed by atoms with Crippen molar-refractivity contribution in [2.45, 2.75) is 34.1 Å². The highest BCUT2D eigenvalue weighted by Gasteiger charge is 2.12. The monoisotopic (exact) mass is 480 g/mol. The van der Waals surface area contributed by atoms with Gasteiger partial charge in [0, 0.05) is 11.9 Å². The number of rotatable bonds is 8. The van der Waals surface area contributed by atoms with E-state index in [4.69, 9.17) is 21.3 Å². The Balaban J connectivity index is 1.87. The van der Waals surface area contributed by atoms with Crippen LogP contribution in [0.5, 0.6) is 5.75 Å². The van der Waals surface area contributed by atoms with Crippen molar-refractivity contribution in [3.63, 3.8) is 0 Å². The zero-order valence-electron chi connectivity index (χ0n) is 19.6. The molecule has 0 bridgehead atoms. The SMILES string of the molecule is CC/C(C)=C(\Oc1ccc(-c2cccc(NS(C)=O)c2)cc1)C(C)=Nc1c(C)cccc1Cl. The van der Waals surface area contributed by atoms with Crippen LogP contribution in [-0.2, 0) is 11.0 Å². The van der Waals surface area contributed by atoms with E-state index in [2.05, 4.69) is 18.6 Å². The van der Waals surface area contributed by atoms with Gasteiger partial charge in [-0.3, -0.25) is 0 Å². The van der Waals surface area contributed by atoms with E-state index >= 15 is 0 Å². The average Bonchev–Trinajstić information content (AvgIpc) is 2.79. The lowest BCUT2D eigenvalue weighted by Gasteiger charge is -2.15. The van der Waals surface area contributed by atoms with Gasteiger partial charge in [-0.2, -0.15) is 0 Å². The summed E-state index contributed by atoms with van der Waals surface area (Å²) in [6, 6.07) is 21.5. The fourth-order valence-corrected chi connectivity index (χ4v) is 4.10. The normalized spacial score (nSPS) is 13.3. The minimum absolute atomic E-state index is 0.621. The number of hydrogen-bond donors (Lipinski definition) is 1. The highest BCUT2D eigenvalue weighted by molar-refractivity contribution is 7.85. The van der Waals surface area contributed by atoms with Gasteiger partial charge in [0.05, 0.1) is 16.4 Å². The minimum atomic E-state index is -1.11. The first-order valence-electron chi connectivity index (χ1n) is 10.8. The number of anilines is 1. The predicted molar refractivity (Wildman–Crippen MR) is 142 cm³/mol. The topological polar surface area (TPSA) is 50.7 Å². The Hall–Kier alpha value is -2.89. The van der Waals surface area contributed by atoms with Gasteiger partial charge < -0.3 is 9.46 Å². The summed E-state index contributed by atoms with van der Waals surface area (Å²) in [6.07, 6.45) is 2.46. The second-order valence-electron chi connectivity index (χ2n) is 7.83. The van der Waals surface area contributed by atoms with Crippen molar-refractivity contribution < 1.29 is 8.95 Å². The number of allylic oxidation sites excluding steroid dienone is 2. The van der Waals surface area contributed by atoms with E-state index in [0.717, 1.165) is 57.3 Å². The molecule has 1 unspecified atom stereocenters. The highest BCUT2D eigenvalue weighted by Crippen LogP contribution is 2.31. The zero-order valence-corrected chi connectivity index (χ0v) is 21.2. The number of halogens is 1. The van der Waals surface area contributed by atoms with E-state index in [-0.39, 0.29) is 0 Å². The fraction of sp³-hybridized carbons (Fsp3) is 0.222. The summed E-state index contributed by atoms with van der Waals surface area (Å²) in [7, 11) is -1.11. The van der Waals surface area contributed by atoms with E-state index in [1.54, 1.807) is 6.26 Å². The summed E-state index contributed by atoms with van der Waals surface area (Å²) in [5, 5.41) is 0.621. The minimum Gasteiger partial charge on any atom is -0.456 e. The maximum atomic E-state index is 11.5. The van der Waals surface area contributed by atoms with Crippen molar-refractivity contribution in [1.29, 1.82) is 0 Å². The standard InChI is InChI=1S/C27H29ClN2O2S/c1-6-18(2)27(20(4)29-26-19(3)9-7-12-25(26)28)32-24-15-13-21(14-16-24)22-10-8-11-23(17-22)30-33(5)31/h7-17,30H,6H2,1-5H3/b27-18-,29-20?. The van der Waals surface area contributed by atoms with Crippen LogP contribution in [0.2, 0.25) is 5.02 Å².